The summed E-state index contributed by atoms with van der Waals surface area (Å²) in [4.78, 5) is 27.6. The van der Waals surface area contributed by atoms with Gasteiger partial charge >= 0.3 is 5.97 Å². The Balaban J connectivity index is 0.00000338. The average molecular weight is 382 g/mol. The molecule has 0 aliphatic rings. The summed E-state index contributed by atoms with van der Waals surface area (Å²) in [6.07, 6.45) is 1.19. The zero-order valence-electron chi connectivity index (χ0n) is 15.0. The molecular formula is C17H24ClN5O3. The Morgan fingerprint density at radius 2 is 2.04 bits per heavy atom. The van der Waals surface area contributed by atoms with Gasteiger partial charge in [-0.25, -0.2) is 4.98 Å². The highest BCUT2D eigenvalue weighted by Crippen LogP contribution is 2.26. The van der Waals surface area contributed by atoms with Crippen LogP contribution in [-0.4, -0.2) is 44.8 Å². The number of nitrogens with one attached hydrogen (secondary N) is 3. The van der Waals surface area contributed by atoms with Crippen LogP contribution >= 0.6 is 12.4 Å². The normalized spacial score (nSPS) is 11.5. The van der Waals surface area contributed by atoms with E-state index < -0.39 is 12.0 Å². The third-order valence-electron chi connectivity index (χ3n) is 3.67. The third kappa shape index (κ3) is 5.82. The second kappa shape index (κ2) is 9.88. The van der Waals surface area contributed by atoms with Crippen LogP contribution in [0.4, 0.5) is 5.69 Å². The molecule has 2 rings (SSSR count). The Morgan fingerprint density at radius 1 is 1.31 bits per heavy atom. The van der Waals surface area contributed by atoms with Crippen LogP contribution in [0.15, 0.2) is 18.2 Å². The summed E-state index contributed by atoms with van der Waals surface area (Å²) in [7, 11) is 0. The first kappa shape index (κ1) is 21.6. The molecule has 1 amide bonds. The highest BCUT2D eigenvalue weighted by molar-refractivity contribution is 5.96. The molecule has 1 unspecified atom stereocenters. The first-order chi connectivity index (χ1) is 11.9. The molecule has 0 fully saturated rings. The molecule has 2 aromatic rings. The fourth-order valence-electron chi connectivity index (χ4n) is 2.43. The Hall–Kier alpha value is -2.45. The van der Waals surface area contributed by atoms with Crippen molar-refractivity contribution in [2.45, 2.75) is 39.7 Å². The number of benzene rings is 1. The van der Waals surface area contributed by atoms with E-state index in [4.69, 9.17) is 5.11 Å². The zero-order chi connectivity index (χ0) is 18.4. The van der Waals surface area contributed by atoms with Gasteiger partial charge in [-0.15, -0.1) is 12.4 Å². The van der Waals surface area contributed by atoms with E-state index in [2.05, 4.69) is 25.8 Å². The SMILES string of the molecule is CCCC(NCC(=O)Nc1cc(C)ccc1-c1n[nH]c(C)n1)C(=O)O.Cl. The standard InChI is InChI=1S/C17H23N5O3.ClH/c1-4-5-13(17(24)25)18-9-15(23)20-14-8-10(2)6-7-12(14)16-19-11(3)21-22-16;/h6-8,13,18H,4-5,9H2,1-3H3,(H,20,23)(H,24,25)(H,19,21,22);1H. The number of rotatable bonds is 8. The van der Waals surface area contributed by atoms with E-state index in [1.807, 2.05) is 32.0 Å². The quantitative estimate of drug-likeness (QED) is 0.556. The van der Waals surface area contributed by atoms with Gasteiger partial charge < -0.3 is 10.4 Å². The number of aliphatic carboxylic acids is 1. The molecule has 4 N–H and O–H groups in total. The second-order valence-electron chi connectivity index (χ2n) is 5.90. The highest BCUT2D eigenvalue weighted by atomic mass is 35.5. The number of aromatic amines is 1. The molecule has 1 atom stereocenters. The van der Waals surface area contributed by atoms with Gasteiger partial charge in [-0.2, -0.15) is 5.10 Å². The number of halogens is 1. The van der Waals surface area contributed by atoms with Gasteiger partial charge in [-0.05, 0) is 38.0 Å². The largest absolute Gasteiger partial charge is 0.480 e. The minimum absolute atomic E-state index is 0. The van der Waals surface area contributed by atoms with E-state index in [1.165, 1.54) is 0 Å². The number of amides is 1. The molecule has 9 heteroatoms. The van der Waals surface area contributed by atoms with Crippen molar-refractivity contribution in [1.29, 1.82) is 0 Å². The maximum Gasteiger partial charge on any atom is 0.320 e. The van der Waals surface area contributed by atoms with E-state index in [1.54, 1.807) is 6.92 Å². The number of hydrogen-bond acceptors (Lipinski definition) is 5. The molecule has 142 valence electrons. The van der Waals surface area contributed by atoms with Gasteiger partial charge in [0.15, 0.2) is 5.82 Å². The van der Waals surface area contributed by atoms with Crippen LogP contribution in [-0.2, 0) is 9.59 Å². The Morgan fingerprint density at radius 3 is 2.62 bits per heavy atom. The van der Waals surface area contributed by atoms with E-state index in [0.29, 0.717) is 29.3 Å². The lowest BCUT2D eigenvalue weighted by molar-refractivity contribution is -0.139. The van der Waals surface area contributed by atoms with Crippen LogP contribution in [0.5, 0.6) is 0 Å². The van der Waals surface area contributed by atoms with Crippen molar-refractivity contribution in [2.75, 3.05) is 11.9 Å². The second-order valence-corrected chi connectivity index (χ2v) is 5.90. The van der Waals surface area contributed by atoms with Gasteiger partial charge in [0, 0.05) is 5.56 Å². The summed E-state index contributed by atoms with van der Waals surface area (Å²) < 4.78 is 0. The molecule has 1 heterocycles. The van der Waals surface area contributed by atoms with Crippen molar-refractivity contribution in [3.63, 3.8) is 0 Å². The predicted octanol–water partition coefficient (Wildman–Crippen LogP) is 2.29. The van der Waals surface area contributed by atoms with Crippen molar-refractivity contribution < 1.29 is 14.7 Å². The van der Waals surface area contributed by atoms with E-state index in [0.717, 1.165) is 12.0 Å². The molecule has 0 saturated carbocycles. The molecule has 0 bridgehead atoms. The molecule has 26 heavy (non-hydrogen) atoms. The van der Waals surface area contributed by atoms with Crippen molar-refractivity contribution in [1.82, 2.24) is 20.5 Å². The topological polar surface area (TPSA) is 120 Å². The summed E-state index contributed by atoms with van der Waals surface area (Å²) >= 11 is 0. The number of nitrogens with zero attached hydrogens (tertiary/aromatic N) is 2. The Labute approximate surface area is 158 Å². The lowest BCUT2D eigenvalue weighted by atomic mass is 10.1. The van der Waals surface area contributed by atoms with Crippen LogP contribution < -0.4 is 10.6 Å². The Bertz CT molecular complexity index is 763. The Kier molecular flexibility index (Phi) is 8.21. The number of hydrogen-bond donors (Lipinski definition) is 4. The fourth-order valence-corrected chi connectivity index (χ4v) is 2.43. The zero-order valence-corrected chi connectivity index (χ0v) is 15.8. The van der Waals surface area contributed by atoms with Gasteiger partial charge in [-0.3, -0.25) is 20.0 Å². The molecule has 0 aliphatic heterocycles. The molecule has 1 aromatic carbocycles. The monoisotopic (exact) mass is 381 g/mol. The number of aromatic nitrogens is 3. The van der Waals surface area contributed by atoms with E-state index >= 15 is 0 Å². The summed E-state index contributed by atoms with van der Waals surface area (Å²) in [6.45, 7) is 5.53. The smallest absolute Gasteiger partial charge is 0.320 e. The number of carbonyl (C=O) groups excluding carboxylic acids is 1. The van der Waals surface area contributed by atoms with Gasteiger partial charge in [0.25, 0.3) is 0 Å². The first-order valence-electron chi connectivity index (χ1n) is 8.16. The lowest BCUT2D eigenvalue weighted by Gasteiger charge is -2.14. The van der Waals surface area contributed by atoms with Crippen LogP contribution in [0.3, 0.4) is 0 Å². The minimum atomic E-state index is -0.956. The van der Waals surface area contributed by atoms with E-state index in [-0.39, 0.29) is 24.9 Å². The van der Waals surface area contributed by atoms with Crippen molar-refractivity contribution in [2.24, 2.45) is 0 Å². The predicted molar refractivity (Wildman–Crippen MR) is 102 cm³/mol. The summed E-state index contributed by atoms with van der Waals surface area (Å²) in [5, 5.41) is 21.6. The van der Waals surface area contributed by atoms with Gasteiger partial charge in [0.05, 0.1) is 12.2 Å². The molecule has 0 radical (unpaired) electrons. The number of carboxylic acid groups (broad SMARTS) is 1. The molecular weight excluding hydrogens is 358 g/mol. The first-order valence-corrected chi connectivity index (χ1v) is 8.16. The average Bonchev–Trinajstić information content (AvgIpc) is 2.97. The molecule has 0 spiro atoms. The number of carbonyl (C=O) groups is 2. The van der Waals surface area contributed by atoms with Gasteiger partial charge in [0.2, 0.25) is 5.91 Å². The molecule has 1 aromatic heterocycles. The number of H-pyrrole nitrogens is 1. The maximum absolute atomic E-state index is 12.2. The number of anilines is 1. The highest BCUT2D eigenvalue weighted by Gasteiger charge is 2.18. The van der Waals surface area contributed by atoms with Crippen molar-refractivity contribution in [3.8, 4) is 11.4 Å². The molecule has 0 saturated heterocycles. The molecule has 0 aliphatic carbocycles. The van der Waals surface area contributed by atoms with Crippen LogP contribution in [0.2, 0.25) is 0 Å². The molecule has 8 nitrogen and oxygen atoms in total. The summed E-state index contributed by atoms with van der Waals surface area (Å²) in [6, 6.07) is 4.86. The fraction of sp³-hybridized carbons (Fsp3) is 0.412. The van der Waals surface area contributed by atoms with Crippen LogP contribution in [0.1, 0.15) is 31.2 Å². The third-order valence-corrected chi connectivity index (χ3v) is 3.67. The number of aryl methyl sites for hydroxylation is 2. The van der Waals surface area contributed by atoms with E-state index in [9.17, 15) is 9.59 Å². The van der Waals surface area contributed by atoms with Crippen LogP contribution in [0.25, 0.3) is 11.4 Å². The van der Waals surface area contributed by atoms with Crippen molar-refractivity contribution >= 4 is 30.0 Å². The van der Waals surface area contributed by atoms with Gasteiger partial charge in [-0.1, -0.05) is 19.4 Å². The van der Waals surface area contributed by atoms with Crippen LogP contribution in [0, 0.1) is 13.8 Å². The maximum atomic E-state index is 12.2. The van der Waals surface area contributed by atoms with Crippen molar-refractivity contribution in [3.05, 3.63) is 29.6 Å². The van der Waals surface area contributed by atoms with Gasteiger partial charge in [0.1, 0.15) is 11.9 Å². The summed E-state index contributed by atoms with van der Waals surface area (Å²) in [5.41, 5.74) is 2.27. The lowest BCUT2D eigenvalue weighted by Crippen LogP contribution is -2.41. The summed E-state index contributed by atoms with van der Waals surface area (Å²) in [5.74, 6) is -0.0999. The minimum Gasteiger partial charge on any atom is -0.480 e. The number of carboxylic acids is 1.